The Bertz CT molecular complexity index is 89.7. The topological polar surface area (TPSA) is 29.3 Å². The van der Waals surface area contributed by atoms with E-state index in [1.54, 1.807) is 0 Å². The van der Waals surface area contributed by atoms with Gasteiger partial charge < -0.3 is 5.73 Å². The summed E-state index contributed by atoms with van der Waals surface area (Å²) >= 11 is 0. The minimum Gasteiger partial charge on any atom is -0.316 e. The van der Waals surface area contributed by atoms with Gasteiger partial charge in [-0.25, -0.2) is 0 Å². The Morgan fingerprint density at radius 1 is 1.09 bits per heavy atom. The van der Waals surface area contributed by atoms with E-state index in [0.717, 1.165) is 6.54 Å². The minimum atomic E-state index is 0.178. The van der Waals surface area contributed by atoms with Crippen LogP contribution in [-0.4, -0.2) is 23.7 Å². The van der Waals surface area contributed by atoms with Crippen LogP contribution in [0.1, 0.15) is 34.6 Å². The van der Waals surface area contributed by atoms with E-state index in [1.807, 2.05) is 6.92 Å². The summed E-state index contributed by atoms with van der Waals surface area (Å²) in [5, 5.41) is 0. The van der Waals surface area contributed by atoms with Crippen LogP contribution in [0, 0.1) is 5.92 Å². The summed E-state index contributed by atoms with van der Waals surface area (Å²) in [5.41, 5.74) is 5.81. The van der Waals surface area contributed by atoms with Gasteiger partial charge in [0.15, 0.2) is 0 Å². The highest BCUT2D eigenvalue weighted by Crippen LogP contribution is 2.05. The lowest BCUT2D eigenvalue weighted by molar-refractivity contribution is 0.148. The van der Waals surface area contributed by atoms with Crippen LogP contribution in [0.2, 0.25) is 0 Å². The molecule has 2 N–H and O–H groups in total. The van der Waals surface area contributed by atoms with E-state index < -0.39 is 0 Å². The van der Waals surface area contributed by atoms with Gasteiger partial charge in [0.2, 0.25) is 0 Å². The van der Waals surface area contributed by atoms with E-state index in [1.165, 1.54) is 0 Å². The summed E-state index contributed by atoms with van der Waals surface area (Å²) in [6, 6.07) is 0.553. The maximum Gasteiger partial charge on any atom is 0.0545 e. The van der Waals surface area contributed by atoms with Crippen molar-refractivity contribution in [2.45, 2.75) is 46.8 Å². The Morgan fingerprint density at radius 3 is 1.64 bits per heavy atom. The van der Waals surface area contributed by atoms with Gasteiger partial charge in [-0.1, -0.05) is 13.8 Å². The van der Waals surface area contributed by atoms with Crippen molar-refractivity contribution in [2.75, 3.05) is 6.54 Å². The van der Waals surface area contributed by atoms with Crippen LogP contribution in [0.15, 0.2) is 0 Å². The Kier molecular flexibility index (Phi) is 4.69. The molecule has 2 nitrogen and oxygen atoms in total. The molecule has 68 valence electrons. The quantitative estimate of drug-likeness (QED) is 0.630. The highest BCUT2D eigenvalue weighted by atomic mass is 15.2. The predicted molar refractivity (Wildman–Crippen MR) is 50.3 cm³/mol. The van der Waals surface area contributed by atoms with Crippen LogP contribution >= 0.6 is 0 Å². The molecular weight excluding hydrogens is 136 g/mol. The summed E-state index contributed by atoms with van der Waals surface area (Å²) in [5.74, 6) is 0.698. The molecule has 0 aliphatic heterocycles. The van der Waals surface area contributed by atoms with Crippen LogP contribution in [0.5, 0.6) is 0 Å². The molecule has 0 spiro atoms. The third kappa shape index (κ3) is 4.38. The Balaban J connectivity index is 3.90. The van der Waals surface area contributed by atoms with Crippen LogP contribution in [0.4, 0.5) is 0 Å². The van der Waals surface area contributed by atoms with Crippen molar-refractivity contribution in [3.05, 3.63) is 0 Å². The van der Waals surface area contributed by atoms with Crippen LogP contribution in [-0.2, 0) is 0 Å². The molecule has 0 heterocycles. The second-order valence-electron chi connectivity index (χ2n) is 3.92. The molecule has 0 aliphatic carbocycles. The number of rotatable bonds is 4. The smallest absolute Gasteiger partial charge is 0.0545 e. The Labute approximate surface area is 70.8 Å². The highest BCUT2D eigenvalue weighted by Gasteiger charge is 2.13. The lowest BCUT2D eigenvalue weighted by atomic mass is 10.1. The Morgan fingerprint density at radius 2 is 1.55 bits per heavy atom. The molecule has 11 heavy (non-hydrogen) atoms. The lowest BCUT2D eigenvalue weighted by Gasteiger charge is -2.31. The first kappa shape index (κ1) is 10.9. The largest absolute Gasteiger partial charge is 0.316 e. The van der Waals surface area contributed by atoms with Crippen LogP contribution in [0.25, 0.3) is 0 Å². The van der Waals surface area contributed by atoms with Crippen molar-refractivity contribution < 1.29 is 0 Å². The van der Waals surface area contributed by atoms with Crippen molar-refractivity contribution in [3.8, 4) is 0 Å². The molecule has 0 amide bonds. The molecule has 0 aromatic carbocycles. The average Bonchev–Trinajstić information content (AvgIpc) is 1.81. The molecule has 1 unspecified atom stereocenters. The third-order valence-corrected chi connectivity index (χ3v) is 1.76. The van der Waals surface area contributed by atoms with E-state index in [0.29, 0.717) is 12.0 Å². The fourth-order valence-corrected chi connectivity index (χ4v) is 1.27. The number of nitrogens with two attached hydrogens (primary N) is 1. The minimum absolute atomic E-state index is 0.178. The molecule has 0 fully saturated rings. The number of hydrogen-bond acceptors (Lipinski definition) is 2. The summed E-state index contributed by atoms with van der Waals surface area (Å²) in [6.45, 7) is 11.9. The first-order valence-electron chi connectivity index (χ1n) is 4.46. The van der Waals surface area contributed by atoms with E-state index in [4.69, 9.17) is 5.73 Å². The van der Waals surface area contributed by atoms with Crippen molar-refractivity contribution in [1.29, 1.82) is 0 Å². The third-order valence-electron chi connectivity index (χ3n) is 1.76. The van der Waals surface area contributed by atoms with E-state index in [-0.39, 0.29) is 6.17 Å². The van der Waals surface area contributed by atoms with Crippen molar-refractivity contribution in [1.82, 2.24) is 4.90 Å². The molecule has 1 atom stereocenters. The summed E-state index contributed by atoms with van der Waals surface area (Å²) in [4.78, 5) is 2.31. The first-order chi connectivity index (χ1) is 4.95. The zero-order valence-electron chi connectivity index (χ0n) is 8.46. The van der Waals surface area contributed by atoms with Crippen LogP contribution in [0.3, 0.4) is 0 Å². The van der Waals surface area contributed by atoms with Gasteiger partial charge in [-0.3, -0.25) is 4.90 Å². The number of nitrogens with zero attached hydrogens (tertiary/aromatic N) is 1. The zero-order valence-corrected chi connectivity index (χ0v) is 8.46. The van der Waals surface area contributed by atoms with Crippen molar-refractivity contribution in [2.24, 2.45) is 11.7 Å². The van der Waals surface area contributed by atoms with Gasteiger partial charge in [-0.05, 0) is 26.7 Å². The predicted octanol–water partition coefficient (Wildman–Crippen LogP) is 1.66. The van der Waals surface area contributed by atoms with E-state index in [9.17, 15) is 0 Å². The van der Waals surface area contributed by atoms with Gasteiger partial charge >= 0.3 is 0 Å². The van der Waals surface area contributed by atoms with Gasteiger partial charge in [0.05, 0.1) is 6.17 Å². The SMILES string of the molecule is CC(C)CN(C(C)C)C(C)N. The van der Waals surface area contributed by atoms with E-state index >= 15 is 0 Å². The molecule has 0 aromatic heterocycles. The molecule has 0 saturated heterocycles. The standard InChI is InChI=1S/C9H22N2/c1-7(2)6-11(8(3)4)9(5)10/h7-9H,6,10H2,1-5H3. The first-order valence-corrected chi connectivity index (χ1v) is 4.46. The van der Waals surface area contributed by atoms with Crippen molar-refractivity contribution in [3.63, 3.8) is 0 Å². The summed E-state index contributed by atoms with van der Waals surface area (Å²) in [7, 11) is 0. The maximum absolute atomic E-state index is 5.81. The molecule has 0 rings (SSSR count). The molecular formula is C9H22N2. The Hall–Kier alpha value is -0.0800. The fourth-order valence-electron chi connectivity index (χ4n) is 1.27. The lowest BCUT2D eigenvalue weighted by Crippen LogP contribution is -2.45. The van der Waals surface area contributed by atoms with Gasteiger partial charge in [0, 0.05) is 12.6 Å². The summed E-state index contributed by atoms with van der Waals surface area (Å²) in [6.07, 6.45) is 0.178. The molecule has 0 aromatic rings. The monoisotopic (exact) mass is 158 g/mol. The molecule has 0 bridgehead atoms. The second kappa shape index (κ2) is 4.73. The van der Waals surface area contributed by atoms with Gasteiger partial charge in [0.25, 0.3) is 0 Å². The molecule has 0 aliphatic rings. The average molecular weight is 158 g/mol. The number of hydrogen-bond donors (Lipinski definition) is 1. The van der Waals surface area contributed by atoms with E-state index in [2.05, 4.69) is 32.6 Å². The molecule has 0 saturated carbocycles. The van der Waals surface area contributed by atoms with Gasteiger partial charge in [0.1, 0.15) is 0 Å². The second-order valence-corrected chi connectivity index (χ2v) is 3.92. The highest BCUT2D eigenvalue weighted by molar-refractivity contribution is 4.67. The van der Waals surface area contributed by atoms with Gasteiger partial charge in [-0.15, -0.1) is 0 Å². The summed E-state index contributed by atoms with van der Waals surface area (Å²) < 4.78 is 0. The van der Waals surface area contributed by atoms with Crippen LogP contribution < -0.4 is 5.73 Å². The molecule has 2 heteroatoms. The molecule has 0 radical (unpaired) electrons. The normalized spacial score (nSPS) is 15.0. The van der Waals surface area contributed by atoms with Gasteiger partial charge in [-0.2, -0.15) is 0 Å². The zero-order chi connectivity index (χ0) is 9.02. The maximum atomic E-state index is 5.81. The fraction of sp³-hybridized carbons (Fsp3) is 1.00. The van der Waals surface area contributed by atoms with Crippen molar-refractivity contribution >= 4 is 0 Å².